The zero-order valence-electron chi connectivity index (χ0n) is 16.9. The summed E-state index contributed by atoms with van der Waals surface area (Å²) < 4.78 is 10.7. The number of benzene rings is 1. The fourth-order valence-corrected chi connectivity index (χ4v) is 4.35. The van der Waals surface area contributed by atoms with Gasteiger partial charge in [0.25, 0.3) is 0 Å². The van der Waals surface area contributed by atoms with E-state index >= 15 is 0 Å². The number of rotatable bonds is 7. The molecule has 9 heteroatoms. The fraction of sp³-hybridized carbons (Fsp3) is 0.600. The number of amides is 2. The summed E-state index contributed by atoms with van der Waals surface area (Å²) in [7, 11) is 1.60. The molecule has 2 aliphatic heterocycles. The van der Waals surface area contributed by atoms with E-state index in [-0.39, 0.29) is 54.0 Å². The Labute approximate surface area is 169 Å². The predicted octanol–water partition coefficient (Wildman–Crippen LogP) is 2.31. The number of carbonyl (C=O) groups excluding carboxylic acids is 2. The third kappa shape index (κ3) is 4.60. The fourth-order valence-electron chi connectivity index (χ4n) is 4.35. The Morgan fingerprint density at radius 1 is 1.31 bits per heavy atom. The smallest absolute Gasteiger partial charge is 0.320 e. The van der Waals surface area contributed by atoms with Gasteiger partial charge in [0.15, 0.2) is 0 Å². The summed E-state index contributed by atoms with van der Waals surface area (Å²) in [6, 6.07) is 6.95. The van der Waals surface area contributed by atoms with Crippen LogP contribution in [0.5, 0.6) is 5.75 Å². The Bertz CT molecular complexity index is 768. The minimum atomic E-state index is -0.372. The third-order valence-electron chi connectivity index (χ3n) is 5.84. The third-order valence-corrected chi connectivity index (χ3v) is 5.84. The predicted molar refractivity (Wildman–Crippen MR) is 104 cm³/mol. The van der Waals surface area contributed by atoms with Gasteiger partial charge < -0.3 is 19.3 Å². The van der Waals surface area contributed by atoms with Crippen molar-refractivity contribution >= 4 is 12.0 Å². The molecule has 0 aromatic heterocycles. The number of fused-ring (bicyclic) bond motifs is 1. The van der Waals surface area contributed by atoms with Crippen LogP contribution in [-0.4, -0.2) is 65.1 Å². The van der Waals surface area contributed by atoms with Crippen molar-refractivity contribution in [2.75, 3.05) is 20.2 Å². The van der Waals surface area contributed by atoms with Crippen LogP contribution in [0, 0.1) is 16.0 Å². The molecule has 9 nitrogen and oxygen atoms in total. The molecule has 3 rings (SSSR count). The molecule has 2 heterocycles. The number of hydrogen-bond donors (Lipinski definition) is 0. The first-order chi connectivity index (χ1) is 13.8. The molecule has 29 heavy (non-hydrogen) atoms. The lowest BCUT2D eigenvalue weighted by Gasteiger charge is -2.43. The van der Waals surface area contributed by atoms with Crippen molar-refractivity contribution in [1.29, 1.82) is 0 Å². The van der Waals surface area contributed by atoms with Crippen LogP contribution in [0.1, 0.15) is 32.3 Å². The minimum absolute atomic E-state index is 0.0458. The van der Waals surface area contributed by atoms with E-state index in [1.54, 1.807) is 16.9 Å². The summed E-state index contributed by atoms with van der Waals surface area (Å²) in [4.78, 5) is 38.7. The molecule has 2 fully saturated rings. The largest absolute Gasteiger partial charge is 0.497 e. The van der Waals surface area contributed by atoms with E-state index in [1.807, 2.05) is 31.2 Å². The van der Waals surface area contributed by atoms with Crippen molar-refractivity contribution in [3.05, 3.63) is 39.9 Å². The molecule has 0 aliphatic carbocycles. The number of methoxy groups -OCH3 is 1. The first-order valence-corrected chi connectivity index (χ1v) is 9.79. The van der Waals surface area contributed by atoms with Crippen LogP contribution >= 0.6 is 0 Å². The molecule has 2 saturated heterocycles. The maximum Gasteiger partial charge on any atom is 0.320 e. The molecule has 0 spiro atoms. The van der Waals surface area contributed by atoms with E-state index in [9.17, 15) is 19.7 Å². The van der Waals surface area contributed by atoms with Crippen molar-refractivity contribution in [3.63, 3.8) is 0 Å². The molecule has 158 valence electrons. The van der Waals surface area contributed by atoms with Crippen molar-refractivity contribution in [3.8, 4) is 5.75 Å². The molecule has 2 amide bonds. The van der Waals surface area contributed by atoms with Gasteiger partial charge >= 0.3 is 12.0 Å². The van der Waals surface area contributed by atoms with E-state index in [1.165, 1.54) is 6.92 Å². The summed E-state index contributed by atoms with van der Waals surface area (Å²) in [5.74, 6) is 0.329. The second-order valence-corrected chi connectivity index (χ2v) is 7.73. The van der Waals surface area contributed by atoms with E-state index in [4.69, 9.17) is 9.47 Å². The monoisotopic (exact) mass is 405 g/mol. The number of hydrogen-bond acceptors (Lipinski definition) is 6. The Hall–Kier alpha value is -2.84. The Morgan fingerprint density at radius 2 is 2.00 bits per heavy atom. The van der Waals surface area contributed by atoms with Crippen LogP contribution in [0.4, 0.5) is 4.79 Å². The molecule has 2 aliphatic rings. The zero-order chi connectivity index (χ0) is 21.1. The zero-order valence-corrected chi connectivity index (χ0v) is 16.9. The SMILES string of the molecule is COc1ccc(CN2C[C@@H]3[C@@H](C)[C@@H](OC(C)=O)C[C@H](CC[N+](=O)[O-])N3C2=O)cc1. The standard InChI is InChI=1S/C20H27N3O6/c1-13-18-12-21(11-15-4-6-17(28-3)7-5-15)20(25)23(18)16(8-9-22(26)27)10-19(13)29-14(2)24/h4-7,13,16,18-19H,8-12H2,1-3H3/t13-,16+,18-,19+/m1/s1. The van der Waals surface area contributed by atoms with Crippen LogP contribution < -0.4 is 4.74 Å². The van der Waals surface area contributed by atoms with Gasteiger partial charge in [-0.2, -0.15) is 0 Å². The molecule has 0 saturated carbocycles. The summed E-state index contributed by atoms with van der Waals surface area (Å²) in [5, 5.41) is 10.9. The van der Waals surface area contributed by atoms with E-state index in [2.05, 4.69) is 0 Å². The summed E-state index contributed by atoms with van der Waals surface area (Å²) >= 11 is 0. The number of carbonyl (C=O) groups is 2. The first kappa shape index (κ1) is 20.9. The summed E-state index contributed by atoms with van der Waals surface area (Å²) in [5.41, 5.74) is 0.977. The van der Waals surface area contributed by atoms with Crippen molar-refractivity contribution in [2.45, 2.75) is 51.4 Å². The Kier molecular flexibility index (Phi) is 6.24. The van der Waals surface area contributed by atoms with Gasteiger partial charge in [-0.1, -0.05) is 19.1 Å². The average Bonchev–Trinajstić information content (AvgIpc) is 3.00. The van der Waals surface area contributed by atoms with Gasteiger partial charge in [-0.3, -0.25) is 14.9 Å². The molecule has 1 aromatic carbocycles. The first-order valence-electron chi connectivity index (χ1n) is 9.79. The van der Waals surface area contributed by atoms with Crippen LogP contribution in [0.25, 0.3) is 0 Å². The van der Waals surface area contributed by atoms with Crippen LogP contribution in [0.2, 0.25) is 0 Å². The molecule has 4 atom stereocenters. The van der Waals surface area contributed by atoms with Crippen molar-refractivity contribution in [2.24, 2.45) is 5.92 Å². The number of esters is 1. The summed E-state index contributed by atoms with van der Waals surface area (Å²) in [6.45, 7) is 4.06. The van der Waals surface area contributed by atoms with Gasteiger partial charge in [0.05, 0.1) is 13.2 Å². The molecule has 0 bridgehead atoms. The minimum Gasteiger partial charge on any atom is -0.497 e. The van der Waals surface area contributed by atoms with Gasteiger partial charge in [-0.05, 0) is 17.7 Å². The molecular formula is C20H27N3O6. The second kappa shape index (κ2) is 8.67. The normalized spacial score (nSPS) is 26.2. The molecule has 0 radical (unpaired) electrons. The molecule has 0 N–H and O–H groups in total. The number of ether oxygens (including phenoxy) is 2. The molecular weight excluding hydrogens is 378 g/mol. The van der Waals surface area contributed by atoms with E-state index < -0.39 is 0 Å². The summed E-state index contributed by atoms with van der Waals surface area (Å²) in [6.07, 6.45) is 0.322. The maximum atomic E-state index is 13.1. The molecule has 1 aromatic rings. The van der Waals surface area contributed by atoms with Crippen LogP contribution in [0.3, 0.4) is 0 Å². The number of nitro groups is 1. The highest BCUT2D eigenvalue weighted by Crippen LogP contribution is 2.37. The van der Waals surface area contributed by atoms with Gasteiger partial charge in [0.2, 0.25) is 6.54 Å². The second-order valence-electron chi connectivity index (χ2n) is 7.73. The Balaban J connectivity index is 1.78. The quantitative estimate of drug-likeness (QED) is 0.392. The van der Waals surface area contributed by atoms with Crippen molar-refractivity contribution < 1.29 is 24.0 Å². The van der Waals surface area contributed by atoms with E-state index in [0.717, 1.165) is 11.3 Å². The lowest BCUT2D eigenvalue weighted by atomic mass is 9.84. The van der Waals surface area contributed by atoms with E-state index in [0.29, 0.717) is 19.5 Å². The van der Waals surface area contributed by atoms with Crippen molar-refractivity contribution in [1.82, 2.24) is 9.80 Å². The van der Waals surface area contributed by atoms with Crippen LogP contribution in [-0.2, 0) is 16.1 Å². The number of nitrogens with zero attached hydrogens (tertiary/aromatic N) is 3. The lowest BCUT2D eigenvalue weighted by molar-refractivity contribution is -0.481. The van der Waals surface area contributed by atoms with Gasteiger partial charge in [0, 0.05) is 49.7 Å². The highest BCUT2D eigenvalue weighted by atomic mass is 16.6. The average molecular weight is 405 g/mol. The lowest BCUT2D eigenvalue weighted by Crippen LogP contribution is -2.55. The van der Waals surface area contributed by atoms with Crippen LogP contribution in [0.15, 0.2) is 24.3 Å². The van der Waals surface area contributed by atoms with Gasteiger partial charge in [0.1, 0.15) is 11.9 Å². The molecule has 0 unspecified atom stereocenters. The highest BCUT2D eigenvalue weighted by molar-refractivity contribution is 5.78. The Morgan fingerprint density at radius 3 is 2.59 bits per heavy atom. The highest BCUT2D eigenvalue weighted by Gasteiger charge is 2.50. The number of urea groups is 1. The number of piperidine rings is 1. The van der Waals surface area contributed by atoms with Gasteiger partial charge in [-0.15, -0.1) is 0 Å². The topological polar surface area (TPSA) is 102 Å². The maximum absolute atomic E-state index is 13.1. The van der Waals surface area contributed by atoms with Gasteiger partial charge in [-0.25, -0.2) is 4.79 Å².